The van der Waals surface area contributed by atoms with E-state index in [4.69, 9.17) is 14.4 Å². The minimum absolute atomic E-state index is 0.687. The van der Waals surface area contributed by atoms with Gasteiger partial charge in [-0.1, -0.05) is 152 Å². The van der Waals surface area contributed by atoms with Crippen molar-refractivity contribution in [2.45, 2.75) is 0 Å². The van der Waals surface area contributed by atoms with E-state index in [0.29, 0.717) is 5.82 Å². The second-order valence-corrected chi connectivity index (χ2v) is 14.9. The van der Waals surface area contributed by atoms with Crippen LogP contribution in [-0.4, -0.2) is 14.5 Å². The highest BCUT2D eigenvalue weighted by Crippen LogP contribution is 2.44. The first-order valence-electron chi connectivity index (χ1n) is 19.7. The standard InChI is InChI=1S/C54H33N3O/c1-3-14-35(15-4-1)46-33-47(56-54(55-46)36-16-5-2-6-17-36)43-23-13-25-50-53(43)52-42-22-10-9-20-40(42)44(32-51(52)58-50)34-26-28-39(29-27-34)57-48-24-12-11-21-41(48)45-30-37-18-7-8-19-38(37)31-49(45)57/h1-33H. The van der Waals surface area contributed by atoms with Gasteiger partial charge in [-0.25, -0.2) is 9.97 Å². The summed E-state index contributed by atoms with van der Waals surface area (Å²) in [6, 6.07) is 70.8. The molecule has 0 atom stereocenters. The van der Waals surface area contributed by atoms with Crippen molar-refractivity contribution >= 4 is 65.3 Å². The summed E-state index contributed by atoms with van der Waals surface area (Å²) in [5.41, 5.74) is 12.2. The van der Waals surface area contributed by atoms with Gasteiger partial charge in [0.15, 0.2) is 5.82 Å². The summed E-state index contributed by atoms with van der Waals surface area (Å²) in [7, 11) is 0. The van der Waals surface area contributed by atoms with Gasteiger partial charge in [-0.05, 0) is 81.2 Å². The third-order valence-electron chi connectivity index (χ3n) is 11.6. The average molecular weight is 740 g/mol. The number of rotatable bonds is 5. The van der Waals surface area contributed by atoms with Gasteiger partial charge >= 0.3 is 0 Å². The van der Waals surface area contributed by atoms with Crippen molar-refractivity contribution in [2.24, 2.45) is 0 Å². The van der Waals surface area contributed by atoms with Crippen LogP contribution in [0.2, 0.25) is 0 Å². The van der Waals surface area contributed by atoms with Crippen molar-refractivity contribution in [3.8, 4) is 50.7 Å². The van der Waals surface area contributed by atoms with Crippen LogP contribution in [-0.2, 0) is 0 Å². The number of hydrogen-bond donors (Lipinski definition) is 0. The Morgan fingerprint density at radius 3 is 1.81 bits per heavy atom. The molecule has 0 aliphatic carbocycles. The fraction of sp³-hybridized carbons (Fsp3) is 0. The van der Waals surface area contributed by atoms with E-state index in [-0.39, 0.29) is 0 Å². The van der Waals surface area contributed by atoms with Crippen molar-refractivity contribution < 1.29 is 4.42 Å². The second-order valence-electron chi connectivity index (χ2n) is 14.9. The van der Waals surface area contributed by atoms with Crippen LogP contribution in [0.25, 0.3) is 116 Å². The van der Waals surface area contributed by atoms with Gasteiger partial charge in [0.1, 0.15) is 11.2 Å². The maximum absolute atomic E-state index is 6.78. The van der Waals surface area contributed by atoms with Crippen LogP contribution < -0.4 is 0 Å². The third kappa shape index (κ3) is 5.09. The molecule has 0 saturated carbocycles. The zero-order chi connectivity index (χ0) is 38.2. The lowest BCUT2D eigenvalue weighted by molar-refractivity contribution is 0.669. The first kappa shape index (κ1) is 32.4. The van der Waals surface area contributed by atoms with Crippen LogP contribution in [0.4, 0.5) is 0 Å². The van der Waals surface area contributed by atoms with Gasteiger partial charge in [0, 0.05) is 43.9 Å². The smallest absolute Gasteiger partial charge is 0.160 e. The van der Waals surface area contributed by atoms with Gasteiger partial charge in [0.05, 0.1) is 22.4 Å². The van der Waals surface area contributed by atoms with E-state index in [1.54, 1.807) is 0 Å². The van der Waals surface area contributed by atoms with Gasteiger partial charge in [-0.2, -0.15) is 0 Å². The Balaban J connectivity index is 1.03. The van der Waals surface area contributed by atoms with Gasteiger partial charge in [-0.3, -0.25) is 0 Å². The summed E-state index contributed by atoms with van der Waals surface area (Å²) < 4.78 is 9.17. The summed E-state index contributed by atoms with van der Waals surface area (Å²) in [6.07, 6.45) is 0. The lowest BCUT2D eigenvalue weighted by Crippen LogP contribution is -1.96. The summed E-state index contributed by atoms with van der Waals surface area (Å²) in [5, 5.41) is 9.43. The Morgan fingerprint density at radius 1 is 0.362 bits per heavy atom. The first-order chi connectivity index (χ1) is 28.7. The summed E-state index contributed by atoms with van der Waals surface area (Å²) in [6.45, 7) is 0. The number of fused-ring (bicyclic) bond motifs is 9. The fourth-order valence-corrected chi connectivity index (χ4v) is 8.91. The fourth-order valence-electron chi connectivity index (χ4n) is 8.91. The quantitative estimate of drug-likeness (QED) is 0.177. The van der Waals surface area contributed by atoms with E-state index in [2.05, 4.69) is 168 Å². The lowest BCUT2D eigenvalue weighted by Gasteiger charge is -2.12. The van der Waals surface area contributed by atoms with E-state index >= 15 is 0 Å². The average Bonchev–Trinajstić information content (AvgIpc) is 3.84. The molecule has 0 aliphatic rings. The molecular weight excluding hydrogens is 707 g/mol. The minimum Gasteiger partial charge on any atom is -0.456 e. The molecule has 0 unspecified atom stereocenters. The zero-order valence-corrected chi connectivity index (χ0v) is 31.3. The molecule has 3 aromatic heterocycles. The molecule has 4 nitrogen and oxygen atoms in total. The topological polar surface area (TPSA) is 43.9 Å². The second kappa shape index (κ2) is 12.9. The molecule has 0 fully saturated rings. The Bertz CT molecular complexity index is 3490. The maximum Gasteiger partial charge on any atom is 0.160 e. The van der Waals surface area contributed by atoms with Crippen LogP contribution in [0.5, 0.6) is 0 Å². The van der Waals surface area contributed by atoms with Gasteiger partial charge in [0.25, 0.3) is 0 Å². The molecule has 0 radical (unpaired) electrons. The summed E-state index contributed by atoms with van der Waals surface area (Å²) in [4.78, 5) is 10.3. The highest BCUT2D eigenvalue weighted by molar-refractivity contribution is 6.25. The number of para-hydroxylation sites is 1. The largest absolute Gasteiger partial charge is 0.456 e. The molecule has 0 bridgehead atoms. The molecule has 0 N–H and O–H groups in total. The van der Waals surface area contributed by atoms with E-state index in [1.165, 1.54) is 38.0 Å². The summed E-state index contributed by atoms with van der Waals surface area (Å²) in [5.74, 6) is 0.687. The predicted octanol–water partition coefficient (Wildman–Crippen LogP) is 14.4. The van der Waals surface area contributed by atoms with Crippen molar-refractivity contribution in [3.05, 3.63) is 200 Å². The monoisotopic (exact) mass is 739 g/mol. The van der Waals surface area contributed by atoms with Crippen molar-refractivity contribution in [3.63, 3.8) is 0 Å². The minimum atomic E-state index is 0.687. The Labute approximate surface area is 333 Å². The van der Waals surface area contributed by atoms with E-state index in [9.17, 15) is 0 Å². The number of benzene rings is 9. The van der Waals surface area contributed by atoms with Crippen LogP contribution >= 0.6 is 0 Å². The molecule has 0 saturated heterocycles. The maximum atomic E-state index is 6.78. The lowest BCUT2D eigenvalue weighted by atomic mass is 9.93. The molecule has 3 heterocycles. The highest BCUT2D eigenvalue weighted by atomic mass is 16.3. The normalized spacial score (nSPS) is 11.8. The van der Waals surface area contributed by atoms with Crippen molar-refractivity contribution in [2.75, 3.05) is 0 Å². The molecule has 0 amide bonds. The third-order valence-corrected chi connectivity index (χ3v) is 11.6. The molecule has 0 spiro atoms. The van der Waals surface area contributed by atoms with E-state index in [0.717, 1.165) is 72.2 Å². The molecule has 9 aromatic carbocycles. The van der Waals surface area contributed by atoms with Gasteiger partial charge < -0.3 is 8.98 Å². The SMILES string of the molecule is c1ccc(-c2cc(-c3cccc4oc5cc(-c6ccc(-n7c8ccccc8c8cc9ccccc9cc87)cc6)c6ccccc6c5c34)nc(-c3ccccc3)n2)cc1. The predicted molar refractivity (Wildman–Crippen MR) is 240 cm³/mol. The number of hydrogen-bond acceptors (Lipinski definition) is 3. The first-order valence-corrected chi connectivity index (χ1v) is 19.7. The summed E-state index contributed by atoms with van der Waals surface area (Å²) >= 11 is 0. The van der Waals surface area contributed by atoms with E-state index < -0.39 is 0 Å². The molecule has 0 aliphatic heterocycles. The molecule has 4 heteroatoms. The molecule has 12 rings (SSSR count). The van der Waals surface area contributed by atoms with Crippen LogP contribution in [0.15, 0.2) is 205 Å². The van der Waals surface area contributed by atoms with Crippen molar-refractivity contribution in [1.82, 2.24) is 14.5 Å². The molecule has 270 valence electrons. The Kier molecular flexibility index (Phi) is 7.20. The number of nitrogens with zero attached hydrogens (tertiary/aromatic N) is 3. The zero-order valence-electron chi connectivity index (χ0n) is 31.3. The molecular formula is C54H33N3O. The Morgan fingerprint density at radius 2 is 1.02 bits per heavy atom. The van der Waals surface area contributed by atoms with E-state index in [1.807, 2.05) is 36.4 Å². The van der Waals surface area contributed by atoms with Crippen LogP contribution in [0.3, 0.4) is 0 Å². The number of aromatic nitrogens is 3. The number of furan rings is 1. The van der Waals surface area contributed by atoms with Crippen LogP contribution in [0, 0.1) is 0 Å². The van der Waals surface area contributed by atoms with Gasteiger partial charge in [-0.15, -0.1) is 0 Å². The van der Waals surface area contributed by atoms with Crippen LogP contribution in [0.1, 0.15) is 0 Å². The molecule has 12 aromatic rings. The van der Waals surface area contributed by atoms with Gasteiger partial charge in [0.2, 0.25) is 0 Å². The van der Waals surface area contributed by atoms with Crippen molar-refractivity contribution in [1.29, 1.82) is 0 Å². The highest BCUT2D eigenvalue weighted by Gasteiger charge is 2.21. The Hall–Kier alpha value is -7.82. The molecule has 58 heavy (non-hydrogen) atoms.